The Labute approximate surface area is 124 Å². The van der Waals surface area contributed by atoms with Crippen LogP contribution in [-0.2, 0) is 11.3 Å². The largest absolute Gasteiger partial charge is 0.382 e. The number of ether oxygens (including phenoxy) is 1. The molecule has 0 aliphatic heterocycles. The van der Waals surface area contributed by atoms with E-state index >= 15 is 0 Å². The minimum absolute atomic E-state index is 0.540. The van der Waals surface area contributed by atoms with Crippen LogP contribution in [0.2, 0.25) is 0 Å². The van der Waals surface area contributed by atoms with Crippen LogP contribution in [0.4, 0.5) is 5.69 Å². The molecule has 0 saturated carbocycles. The fourth-order valence-electron chi connectivity index (χ4n) is 2.57. The molecule has 0 aliphatic carbocycles. The molecule has 2 nitrogen and oxygen atoms in total. The summed E-state index contributed by atoms with van der Waals surface area (Å²) in [4.78, 5) is 0. The summed E-state index contributed by atoms with van der Waals surface area (Å²) in [5.41, 5.74) is 2.49. The van der Waals surface area contributed by atoms with Gasteiger partial charge >= 0.3 is 0 Å². The fourth-order valence-corrected chi connectivity index (χ4v) is 2.57. The molecular formula is C18H31NO. The van der Waals surface area contributed by atoms with E-state index in [2.05, 4.69) is 57.3 Å². The topological polar surface area (TPSA) is 21.3 Å². The number of hydrogen-bond donors (Lipinski definition) is 1. The molecule has 2 heteroatoms. The van der Waals surface area contributed by atoms with Crippen molar-refractivity contribution in [2.75, 3.05) is 11.9 Å². The molecule has 0 atom stereocenters. The highest BCUT2D eigenvalue weighted by Crippen LogP contribution is 2.22. The molecular weight excluding hydrogens is 246 g/mol. The monoisotopic (exact) mass is 277 g/mol. The second kappa shape index (κ2) is 9.02. The Morgan fingerprint density at radius 2 is 1.60 bits per heavy atom. The summed E-state index contributed by atoms with van der Waals surface area (Å²) in [5.74, 6) is 1.43. The van der Waals surface area contributed by atoms with Gasteiger partial charge in [0.05, 0.1) is 6.61 Å². The Bertz CT molecular complexity index is 363. The van der Waals surface area contributed by atoms with Gasteiger partial charge in [0.25, 0.3) is 0 Å². The van der Waals surface area contributed by atoms with Crippen molar-refractivity contribution >= 4 is 5.69 Å². The Balaban J connectivity index is 2.75. The summed E-state index contributed by atoms with van der Waals surface area (Å²) in [6, 6.07) is 9.04. The van der Waals surface area contributed by atoms with Crippen molar-refractivity contribution in [1.29, 1.82) is 0 Å². The minimum Gasteiger partial charge on any atom is -0.382 e. The van der Waals surface area contributed by atoms with E-state index in [1.807, 2.05) is 6.92 Å². The number of rotatable bonds is 9. The van der Waals surface area contributed by atoms with Crippen LogP contribution in [0.1, 0.15) is 53.0 Å². The zero-order valence-electron chi connectivity index (χ0n) is 13.8. The van der Waals surface area contributed by atoms with Crippen LogP contribution in [0.3, 0.4) is 0 Å². The van der Waals surface area contributed by atoms with E-state index in [1.165, 1.54) is 24.1 Å². The van der Waals surface area contributed by atoms with Gasteiger partial charge < -0.3 is 10.1 Å². The molecule has 0 unspecified atom stereocenters. The van der Waals surface area contributed by atoms with Crippen LogP contribution >= 0.6 is 0 Å². The van der Waals surface area contributed by atoms with Crippen LogP contribution in [0.15, 0.2) is 24.3 Å². The summed E-state index contributed by atoms with van der Waals surface area (Å²) in [5, 5.41) is 3.74. The van der Waals surface area contributed by atoms with Gasteiger partial charge in [-0.05, 0) is 37.7 Å². The molecule has 0 amide bonds. The number of nitrogens with one attached hydrogen (secondary N) is 1. The Hall–Kier alpha value is -1.02. The third-order valence-electron chi connectivity index (χ3n) is 3.35. The quantitative estimate of drug-likeness (QED) is 0.678. The zero-order valence-corrected chi connectivity index (χ0v) is 13.8. The van der Waals surface area contributed by atoms with Gasteiger partial charge in [-0.25, -0.2) is 0 Å². The number of anilines is 1. The molecule has 1 rings (SSSR count). The molecule has 0 radical (unpaired) electrons. The highest BCUT2D eigenvalue weighted by molar-refractivity contribution is 5.51. The average Bonchev–Trinajstić information content (AvgIpc) is 2.36. The zero-order chi connectivity index (χ0) is 15.0. The minimum atomic E-state index is 0.540. The van der Waals surface area contributed by atoms with Crippen molar-refractivity contribution in [2.24, 2.45) is 11.8 Å². The molecule has 0 aromatic heterocycles. The summed E-state index contributed by atoms with van der Waals surface area (Å²) < 4.78 is 5.56. The first-order valence-corrected chi connectivity index (χ1v) is 7.95. The van der Waals surface area contributed by atoms with E-state index in [1.54, 1.807) is 0 Å². The lowest BCUT2D eigenvalue weighted by atomic mass is 9.95. The van der Waals surface area contributed by atoms with Gasteiger partial charge in [-0.1, -0.05) is 45.9 Å². The first-order valence-electron chi connectivity index (χ1n) is 7.95. The first kappa shape index (κ1) is 17.0. The van der Waals surface area contributed by atoms with E-state index in [9.17, 15) is 0 Å². The van der Waals surface area contributed by atoms with E-state index < -0.39 is 0 Å². The Morgan fingerprint density at radius 1 is 1.00 bits per heavy atom. The van der Waals surface area contributed by atoms with Crippen LogP contribution in [0.5, 0.6) is 0 Å². The van der Waals surface area contributed by atoms with Gasteiger partial charge in [0.2, 0.25) is 0 Å². The van der Waals surface area contributed by atoms with Gasteiger partial charge in [0.15, 0.2) is 0 Å². The lowest BCUT2D eigenvalue weighted by Crippen LogP contribution is -2.24. The molecule has 0 fully saturated rings. The molecule has 0 saturated heterocycles. The van der Waals surface area contributed by atoms with Gasteiger partial charge in [0.1, 0.15) is 0 Å². The predicted octanol–water partition coefficient (Wildman–Crippen LogP) is 5.10. The van der Waals surface area contributed by atoms with Crippen molar-refractivity contribution in [2.45, 2.75) is 60.1 Å². The van der Waals surface area contributed by atoms with Gasteiger partial charge in [0, 0.05) is 23.9 Å². The highest BCUT2D eigenvalue weighted by atomic mass is 16.5. The maximum atomic E-state index is 5.56. The molecule has 1 aromatic carbocycles. The first-order chi connectivity index (χ1) is 9.52. The normalized spacial score (nSPS) is 11.6. The smallest absolute Gasteiger partial charge is 0.0736 e. The lowest BCUT2D eigenvalue weighted by Gasteiger charge is -2.25. The third kappa shape index (κ3) is 6.42. The van der Waals surface area contributed by atoms with Crippen LogP contribution in [0.25, 0.3) is 0 Å². The maximum Gasteiger partial charge on any atom is 0.0736 e. The lowest BCUT2D eigenvalue weighted by molar-refractivity contribution is 0.134. The van der Waals surface area contributed by atoms with E-state index in [0.717, 1.165) is 6.61 Å². The van der Waals surface area contributed by atoms with Crippen molar-refractivity contribution in [3.63, 3.8) is 0 Å². The van der Waals surface area contributed by atoms with Crippen LogP contribution in [0, 0.1) is 11.8 Å². The Kier molecular flexibility index (Phi) is 7.68. The summed E-state index contributed by atoms with van der Waals surface area (Å²) in [6.45, 7) is 12.7. The maximum absolute atomic E-state index is 5.56. The number of benzene rings is 1. The Morgan fingerprint density at radius 3 is 2.15 bits per heavy atom. The van der Waals surface area contributed by atoms with Gasteiger partial charge in [-0.15, -0.1) is 0 Å². The number of para-hydroxylation sites is 1. The molecule has 1 N–H and O–H groups in total. The predicted molar refractivity (Wildman–Crippen MR) is 88.1 cm³/mol. The van der Waals surface area contributed by atoms with Crippen molar-refractivity contribution in [1.82, 2.24) is 0 Å². The van der Waals surface area contributed by atoms with Gasteiger partial charge in [-0.2, -0.15) is 0 Å². The van der Waals surface area contributed by atoms with E-state index in [-0.39, 0.29) is 0 Å². The van der Waals surface area contributed by atoms with Crippen LogP contribution < -0.4 is 5.32 Å². The van der Waals surface area contributed by atoms with Gasteiger partial charge in [-0.3, -0.25) is 0 Å². The van der Waals surface area contributed by atoms with Crippen molar-refractivity contribution in [3.05, 3.63) is 29.8 Å². The molecule has 0 spiro atoms. The summed E-state index contributed by atoms with van der Waals surface area (Å²) >= 11 is 0. The fraction of sp³-hybridized carbons (Fsp3) is 0.667. The van der Waals surface area contributed by atoms with E-state index in [0.29, 0.717) is 24.5 Å². The SMILES string of the molecule is CCOCc1ccccc1NC(CC(C)C)CC(C)C. The third-order valence-corrected chi connectivity index (χ3v) is 3.35. The average molecular weight is 277 g/mol. The van der Waals surface area contributed by atoms with E-state index in [4.69, 9.17) is 4.74 Å². The molecule has 0 heterocycles. The summed E-state index contributed by atoms with van der Waals surface area (Å²) in [6.07, 6.45) is 2.42. The second-order valence-electron chi connectivity index (χ2n) is 6.39. The van der Waals surface area contributed by atoms with Crippen LogP contribution in [-0.4, -0.2) is 12.6 Å². The molecule has 1 aromatic rings. The molecule has 0 bridgehead atoms. The van der Waals surface area contributed by atoms with Crippen molar-refractivity contribution in [3.8, 4) is 0 Å². The number of hydrogen-bond acceptors (Lipinski definition) is 2. The molecule has 0 aliphatic rings. The second-order valence-corrected chi connectivity index (χ2v) is 6.39. The summed E-state index contributed by atoms with van der Waals surface area (Å²) in [7, 11) is 0. The standard InChI is InChI=1S/C18H31NO/c1-6-20-13-16-9-7-8-10-18(16)19-17(11-14(2)3)12-15(4)5/h7-10,14-15,17,19H,6,11-13H2,1-5H3. The molecule has 114 valence electrons. The molecule has 20 heavy (non-hydrogen) atoms. The highest BCUT2D eigenvalue weighted by Gasteiger charge is 2.14. The van der Waals surface area contributed by atoms with Crippen molar-refractivity contribution < 1.29 is 4.74 Å².